The smallest absolute Gasteiger partial charge is 0.0431 e. The Bertz CT molecular complexity index is 63.9. The number of hydrogen-bond acceptors (Lipinski definition) is 2. The molecule has 1 saturated carbocycles. The fourth-order valence-electron chi connectivity index (χ4n) is 0.724. The Morgan fingerprint density at radius 1 is 0.667 bits per heavy atom. The molecule has 1 aliphatic carbocycles. The molecule has 0 heterocycles. The summed E-state index contributed by atoms with van der Waals surface area (Å²) in [6.07, 6.45) is 11.2. The van der Waals surface area contributed by atoms with Gasteiger partial charge in [-0.2, -0.15) is 0 Å². The number of aliphatic hydroxyl groups is 2. The van der Waals surface area contributed by atoms with Crippen molar-refractivity contribution in [2.75, 3.05) is 13.2 Å². The van der Waals surface area contributed by atoms with Gasteiger partial charge >= 0.3 is 0 Å². The highest BCUT2D eigenvalue weighted by Crippen LogP contribution is 2.14. The zero-order valence-corrected chi connectivity index (χ0v) is 10.7. The molecule has 0 saturated heterocycles. The number of aliphatic hydroxyl groups excluding tert-OH is 2. The van der Waals surface area contributed by atoms with E-state index in [9.17, 15) is 0 Å². The van der Waals surface area contributed by atoms with Gasteiger partial charge in [0.05, 0.1) is 0 Å². The molecule has 0 spiro atoms. The van der Waals surface area contributed by atoms with E-state index < -0.39 is 0 Å². The third kappa shape index (κ3) is 41.3. The lowest BCUT2D eigenvalue weighted by atomic mass is 10.3. The standard InChI is InChI=1S/2C5H12O.C3H6/c2*1-2-3-4-5-6;1-2-3-1/h2*6H,2-5H2,1H3;1-3H2. The summed E-state index contributed by atoms with van der Waals surface area (Å²) >= 11 is 0. The molecular weight excluding hydrogens is 188 g/mol. The van der Waals surface area contributed by atoms with Crippen LogP contribution in [0.15, 0.2) is 0 Å². The number of unbranched alkanes of at least 4 members (excludes halogenated alkanes) is 4. The summed E-state index contributed by atoms with van der Waals surface area (Å²) in [4.78, 5) is 0. The van der Waals surface area contributed by atoms with E-state index in [1.165, 1.54) is 32.1 Å². The average molecular weight is 218 g/mol. The second kappa shape index (κ2) is 19.5. The molecule has 0 unspecified atom stereocenters. The van der Waals surface area contributed by atoms with Crippen LogP contribution in [0.3, 0.4) is 0 Å². The summed E-state index contributed by atoms with van der Waals surface area (Å²) in [5.74, 6) is 0. The Balaban J connectivity index is 0. The minimum Gasteiger partial charge on any atom is -0.396 e. The largest absolute Gasteiger partial charge is 0.396 e. The molecule has 0 amide bonds. The van der Waals surface area contributed by atoms with Crippen molar-refractivity contribution < 1.29 is 10.2 Å². The van der Waals surface area contributed by atoms with Crippen LogP contribution in [0.2, 0.25) is 0 Å². The molecule has 0 bridgehead atoms. The summed E-state index contributed by atoms with van der Waals surface area (Å²) in [5, 5.41) is 16.4. The van der Waals surface area contributed by atoms with Crippen molar-refractivity contribution in [2.45, 2.75) is 71.6 Å². The highest BCUT2D eigenvalue weighted by Gasteiger charge is 1.95. The molecule has 2 N–H and O–H groups in total. The van der Waals surface area contributed by atoms with E-state index >= 15 is 0 Å². The molecule has 94 valence electrons. The molecule has 2 nitrogen and oxygen atoms in total. The van der Waals surface area contributed by atoms with Crippen LogP contribution in [-0.4, -0.2) is 23.4 Å². The predicted octanol–water partition coefficient (Wildman–Crippen LogP) is 3.51. The van der Waals surface area contributed by atoms with Crippen molar-refractivity contribution in [1.82, 2.24) is 0 Å². The Labute approximate surface area is 95.7 Å². The first-order valence-electron chi connectivity index (χ1n) is 6.55. The van der Waals surface area contributed by atoms with Crippen molar-refractivity contribution in [3.8, 4) is 0 Å². The minimum atomic E-state index is 0.355. The first-order chi connectivity index (χ1) is 7.33. The van der Waals surface area contributed by atoms with E-state index in [0.29, 0.717) is 13.2 Å². The predicted molar refractivity (Wildman–Crippen MR) is 67.1 cm³/mol. The molecule has 0 aliphatic heterocycles. The lowest BCUT2D eigenvalue weighted by molar-refractivity contribution is 0.284. The van der Waals surface area contributed by atoms with Crippen molar-refractivity contribution in [3.63, 3.8) is 0 Å². The molecule has 1 fully saturated rings. The molecule has 0 aromatic rings. The van der Waals surface area contributed by atoms with Crippen molar-refractivity contribution in [2.24, 2.45) is 0 Å². The van der Waals surface area contributed by atoms with Gasteiger partial charge in [-0.15, -0.1) is 0 Å². The Kier molecular flexibility index (Phi) is 22.5. The molecule has 1 rings (SSSR count). The van der Waals surface area contributed by atoms with Gasteiger partial charge in [-0.05, 0) is 12.8 Å². The first-order valence-corrected chi connectivity index (χ1v) is 6.55. The monoisotopic (exact) mass is 218 g/mol. The van der Waals surface area contributed by atoms with Gasteiger partial charge in [0, 0.05) is 13.2 Å². The molecule has 0 aromatic carbocycles. The minimum absolute atomic E-state index is 0.355. The normalized spacial score (nSPS) is 12.0. The van der Waals surface area contributed by atoms with E-state index in [0.717, 1.165) is 25.7 Å². The first kappa shape index (κ1) is 17.3. The zero-order valence-electron chi connectivity index (χ0n) is 10.7. The average Bonchev–Trinajstić information content (AvgIpc) is 3.11. The van der Waals surface area contributed by atoms with Crippen molar-refractivity contribution in [3.05, 3.63) is 0 Å². The highest BCUT2D eigenvalue weighted by molar-refractivity contribution is 4.50. The van der Waals surface area contributed by atoms with Gasteiger partial charge in [0.25, 0.3) is 0 Å². The van der Waals surface area contributed by atoms with E-state index in [1.807, 2.05) is 0 Å². The zero-order chi connectivity index (χ0) is 11.8. The summed E-state index contributed by atoms with van der Waals surface area (Å²) < 4.78 is 0. The van der Waals surface area contributed by atoms with Gasteiger partial charge in [0.2, 0.25) is 0 Å². The lowest BCUT2D eigenvalue weighted by Crippen LogP contribution is -1.78. The summed E-state index contributed by atoms with van der Waals surface area (Å²) in [6, 6.07) is 0. The van der Waals surface area contributed by atoms with Crippen LogP contribution < -0.4 is 0 Å². The SMILES string of the molecule is C1CC1.CCCCCO.CCCCCO. The van der Waals surface area contributed by atoms with Crippen molar-refractivity contribution >= 4 is 0 Å². The second-order valence-electron chi connectivity index (χ2n) is 3.92. The van der Waals surface area contributed by atoms with E-state index in [-0.39, 0.29) is 0 Å². The molecule has 0 aromatic heterocycles. The van der Waals surface area contributed by atoms with Gasteiger partial charge in [0.15, 0.2) is 0 Å². The third-order valence-electron chi connectivity index (χ3n) is 1.88. The van der Waals surface area contributed by atoms with Crippen LogP contribution >= 0.6 is 0 Å². The van der Waals surface area contributed by atoms with Crippen molar-refractivity contribution in [1.29, 1.82) is 0 Å². The fraction of sp³-hybridized carbons (Fsp3) is 1.00. The maximum atomic E-state index is 8.20. The molecule has 0 radical (unpaired) electrons. The quantitative estimate of drug-likeness (QED) is 0.670. The van der Waals surface area contributed by atoms with E-state index in [1.54, 1.807) is 0 Å². The summed E-state index contributed by atoms with van der Waals surface area (Å²) in [5.41, 5.74) is 0. The second-order valence-corrected chi connectivity index (χ2v) is 3.92. The van der Waals surface area contributed by atoms with E-state index in [4.69, 9.17) is 10.2 Å². The highest BCUT2D eigenvalue weighted by atomic mass is 16.3. The molecular formula is C13H30O2. The van der Waals surface area contributed by atoms with Crippen LogP contribution in [-0.2, 0) is 0 Å². The number of rotatable bonds is 6. The molecule has 1 aliphatic rings. The van der Waals surface area contributed by atoms with E-state index in [2.05, 4.69) is 13.8 Å². The van der Waals surface area contributed by atoms with Gasteiger partial charge in [-0.1, -0.05) is 58.8 Å². The Hall–Kier alpha value is -0.0800. The maximum absolute atomic E-state index is 8.20. The van der Waals surface area contributed by atoms with Crippen LogP contribution in [0, 0.1) is 0 Å². The maximum Gasteiger partial charge on any atom is 0.0431 e. The Morgan fingerprint density at radius 2 is 1.00 bits per heavy atom. The molecule has 0 atom stereocenters. The van der Waals surface area contributed by atoms with Crippen LogP contribution in [0.25, 0.3) is 0 Å². The third-order valence-corrected chi connectivity index (χ3v) is 1.88. The van der Waals surface area contributed by atoms with Crippen LogP contribution in [0.4, 0.5) is 0 Å². The van der Waals surface area contributed by atoms with Crippen LogP contribution in [0.5, 0.6) is 0 Å². The fourth-order valence-corrected chi connectivity index (χ4v) is 0.724. The van der Waals surface area contributed by atoms with Gasteiger partial charge in [-0.25, -0.2) is 0 Å². The van der Waals surface area contributed by atoms with Gasteiger partial charge in [-0.3, -0.25) is 0 Å². The van der Waals surface area contributed by atoms with Crippen LogP contribution in [0.1, 0.15) is 71.6 Å². The van der Waals surface area contributed by atoms with Gasteiger partial charge < -0.3 is 10.2 Å². The topological polar surface area (TPSA) is 40.5 Å². The molecule has 2 heteroatoms. The summed E-state index contributed by atoms with van der Waals surface area (Å²) in [6.45, 7) is 4.95. The lowest BCUT2D eigenvalue weighted by Gasteiger charge is -1.85. The molecule has 15 heavy (non-hydrogen) atoms. The Morgan fingerprint density at radius 3 is 1.07 bits per heavy atom. The number of hydrogen-bond donors (Lipinski definition) is 2. The van der Waals surface area contributed by atoms with Gasteiger partial charge in [0.1, 0.15) is 0 Å². The summed E-state index contributed by atoms with van der Waals surface area (Å²) in [7, 11) is 0.